The highest BCUT2D eigenvalue weighted by Crippen LogP contribution is 2.53. The molecule has 2 saturated carbocycles. The van der Waals surface area contributed by atoms with E-state index >= 15 is 0 Å². The molecule has 22 heavy (non-hydrogen) atoms. The molecule has 7 nitrogen and oxygen atoms in total. The monoisotopic (exact) mass is 330 g/mol. The Morgan fingerprint density at radius 2 is 2.00 bits per heavy atom. The quantitative estimate of drug-likeness (QED) is 0.681. The molecule has 0 aromatic heterocycles. The van der Waals surface area contributed by atoms with E-state index in [2.05, 4.69) is 4.72 Å². The molecule has 2 saturated heterocycles. The lowest BCUT2D eigenvalue weighted by molar-refractivity contribution is -0.154. The van der Waals surface area contributed by atoms with E-state index in [4.69, 9.17) is 9.47 Å². The van der Waals surface area contributed by atoms with Crippen molar-refractivity contribution in [3.05, 3.63) is 0 Å². The number of nitrogens with zero attached hydrogens (tertiary/aromatic N) is 1. The summed E-state index contributed by atoms with van der Waals surface area (Å²) < 4.78 is 37.6. The third-order valence-electron chi connectivity index (χ3n) is 5.64. The Hall–Kier alpha value is -0.700. The van der Waals surface area contributed by atoms with Gasteiger partial charge in [-0.1, -0.05) is 0 Å². The molecule has 2 aliphatic carbocycles. The summed E-state index contributed by atoms with van der Waals surface area (Å²) in [6.07, 6.45) is 1.47. The zero-order chi connectivity index (χ0) is 15.3. The molecule has 2 aliphatic heterocycles. The van der Waals surface area contributed by atoms with Gasteiger partial charge < -0.3 is 9.47 Å². The summed E-state index contributed by atoms with van der Waals surface area (Å²) >= 11 is 0. The van der Waals surface area contributed by atoms with Crippen LogP contribution in [0, 0.1) is 17.8 Å². The average molecular weight is 330 g/mol. The SMILES string of the molecule is O=C(CN1CCOCC1)OC1CC2CC1C1CNS(=O)(=O)C21. The maximum Gasteiger partial charge on any atom is 0.320 e. The van der Waals surface area contributed by atoms with E-state index in [1.807, 2.05) is 4.90 Å². The smallest absolute Gasteiger partial charge is 0.320 e. The van der Waals surface area contributed by atoms with Crippen molar-refractivity contribution < 1.29 is 22.7 Å². The van der Waals surface area contributed by atoms with Crippen LogP contribution in [0.3, 0.4) is 0 Å². The second-order valence-electron chi connectivity index (χ2n) is 6.83. The largest absolute Gasteiger partial charge is 0.461 e. The van der Waals surface area contributed by atoms with Crippen LogP contribution in [-0.4, -0.2) is 70.0 Å². The Bertz CT molecular complexity index is 560. The maximum absolute atomic E-state index is 12.1. The molecular formula is C14H22N2O5S. The molecule has 0 spiro atoms. The van der Waals surface area contributed by atoms with Crippen molar-refractivity contribution >= 4 is 16.0 Å². The predicted octanol–water partition coefficient (Wildman–Crippen LogP) is -0.812. The van der Waals surface area contributed by atoms with Crippen LogP contribution in [0.25, 0.3) is 0 Å². The van der Waals surface area contributed by atoms with Gasteiger partial charge in [-0.05, 0) is 24.7 Å². The van der Waals surface area contributed by atoms with Gasteiger partial charge in [-0.15, -0.1) is 0 Å². The minimum atomic E-state index is -3.14. The van der Waals surface area contributed by atoms with Gasteiger partial charge in [0.05, 0.1) is 25.0 Å². The molecule has 8 heteroatoms. The lowest BCUT2D eigenvalue weighted by Crippen LogP contribution is -2.42. The third kappa shape index (κ3) is 2.46. The fourth-order valence-electron chi connectivity index (χ4n) is 4.73. The van der Waals surface area contributed by atoms with Crippen LogP contribution in [0.15, 0.2) is 0 Å². The van der Waals surface area contributed by atoms with Gasteiger partial charge in [0, 0.05) is 25.6 Å². The van der Waals surface area contributed by atoms with E-state index in [1.165, 1.54) is 0 Å². The van der Waals surface area contributed by atoms with E-state index in [0.29, 0.717) is 32.7 Å². The number of nitrogens with one attached hydrogen (secondary N) is 1. The van der Waals surface area contributed by atoms with E-state index in [0.717, 1.165) is 19.5 Å². The molecule has 0 amide bonds. The third-order valence-corrected chi connectivity index (χ3v) is 7.66. The molecule has 0 radical (unpaired) electrons. The summed E-state index contributed by atoms with van der Waals surface area (Å²) in [4.78, 5) is 14.2. The van der Waals surface area contributed by atoms with Crippen molar-refractivity contribution in [2.75, 3.05) is 39.4 Å². The molecule has 2 heterocycles. The van der Waals surface area contributed by atoms with Crippen molar-refractivity contribution in [2.45, 2.75) is 24.2 Å². The van der Waals surface area contributed by atoms with Crippen molar-refractivity contribution in [3.8, 4) is 0 Å². The molecule has 0 aromatic rings. The Kier molecular flexibility index (Phi) is 3.67. The van der Waals surface area contributed by atoms with Crippen LogP contribution in [0.4, 0.5) is 0 Å². The molecule has 124 valence electrons. The van der Waals surface area contributed by atoms with Crippen LogP contribution < -0.4 is 4.72 Å². The molecule has 4 aliphatic rings. The molecule has 1 N–H and O–H groups in total. The Labute approximate surface area is 130 Å². The van der Waals surface area contributed by atoms with Crippen molar-refractivity contribution in [2.24, 2.45) is 17.8 Å². The fraction of sp³-hybridized carbons (Fsp3) is 0.929. The normalized spacial score (nSPS) is 43.2. The highest BCUT2D eigenvalue weighted by molar-refractivity contribution is 7.90. The van der Waals surface area contributed by atoms with E-state index < -0.39 is 10.0 Å². The summed E-state index contributed by atoms with van der Waals surface area (Å²) in [5.41, 5.74) is 0. The average Bonchev–Trinajstić information content (AvgIpc) is 3.12. The number of esters is 1. The number of carbonyl (C=O) groups is 1. The summed E-state index contributed by atoms with van der Waals surface area (Å²) in [7, 11) is -3.14. The van der Waals surface area contributed by atoms with Crippen molar-refractivity contribution in [1.29, 1.82) is 0 Å². The van der Waals surface area contributed by atoms with Crippen LogP contribution in [0.2, 0.25) is 0 Å². The van der Waals surface area contributed by atoms with Crippen LogP contribution in [-0.2, 0) is 24.3 Å². The molecule has 4 fully saturated rings. The highest BCUT2D eigenvalue weighted by atomic mass is 32.2. The highest BCUT2D eigenvalue weighted by Gasteiger charge is 2.61. The lowest BCUT2D eigenvalue weighted by Gasteiger charge is -2.31. The maximum atomic E-state index is 12.1. The van der Waals surface area contributed by atoms with Gasteiger partial charge in [0.1, 0.15) is 6.10 Å². The number of ether oxygens (including phenoxy) is 2. The van der Waals surface area contributed by atoms with Gasteiger partial charge in [0.2, 0.25) is 10.0 Å². The second-order valence-corrected chi connectivity index (χ2v) is 8.76. The lowest BCUT2D eigenvalue weighted by atomic mass is 9.86. The fourth-order valence-corrected chi connectivity index (χ4v) is 6.83. The Morgan fingerprint density at radius 3 is 2.77 bits per heavy atom. The topological polar surface area (TPSA) is 84.9 Å². The molecule has 5 unspecified atom stereocenters. The van der Waals surface area contributed by atoms with Crippen LogP contribution >= 0.6 is 0 Å². The Morgan fingerprint density at radius 1 is 1.23 bits per heavy atom. The summed E-state index contributed by atoms with van der Waals surface area (Å²) in [5.74, 6) is 0.277. The molecule has 2 bridgehead atoms. The van der Waals surface area contributed by atoms with Gasteiger partial charge in [0.15, 0.2) is 0 Å². The van der Waals surface area contributed by atoms with Crippen LogP contribution in [0.1, 0.15) is 12.8 Å². The molecule has 4 rings (SSSR count). The first-order valence-corrected chi connectivity index (χ1v) is 9.57. The van der Waals surface area contributed by atoms with E-state index in [-0.39, 0.29) is 35.1 Å². The summed E-state index contributed by atoms with van der Waals surface area (Å²) in [6.45, 7) is 3.66. The minimum Gasteiger partial charge on any atom is -0.461 e. The zero-order valence-corrected chi connectivity index (χ0v) is 13.3. The number of fused-ring (bicyclic) bond motifs is 5. The first-order valence-electron chi connectivity index (χ1n) is 8.02. The number of rotatable bonds is 3. The van der Waals surface area contributed by atoms with E-state index in [9.17, 15) is 13.2 Å². The number of hydrogen-bond donors (Lipinski definition) is 1. The summed E-state index contributed by atoms with van der Waals surface area (Å²) in [5, 5.41) is -0.258. The number of carbonyl (C=O) groups excluding carboxylic acids is 1. The van der Waals surface area contributed by atoms with Crippen molar-refractivity contribution in [3.63, 3.8) is 0 Å². The van der Waals surface area contributed by atoms with Crippen LogP contribution in [0.5, 0.6) is 0 Å². The van der Waals surface area contributed by atoms with E-state index in [1.54, 1.807) is 0 Å². The summed E-state index contributed by atoms with van der Waals surface area (Å²) in [6, 6.07) is 0. The van der Waals surface area contributed by atoms with Gasteiger partial charge in [-0.25, -0.2) is 13.1 Å². The molecule has 5 atom stereocenters. The first-order chi connectivity index (χ1) is 10.5. The first kappa shape index (κ1) is 14.9. The molecule has 0 aromatic carbocycles. The number of morpholine rings is 1. The standard InChI is InChI=1S/C14H22N2O5S/c17-13(8-16-1-3-20-4-2-16)21-12-6-9-5-10(12)11-7-15-22(18,19)14(9)11/h9-12,14-15H,1-8H2. The van der Waals surface area contributed by atoms with Gasteiger partial charge in [0.25, 0.3) is 0 Å². The second kappa shape index (κ2) is 5.43. The number of hydrogen-bond acceptors (Lipinski definition) is 6. The zero-order valence-electron chi connectivity index (χ0n) is 12.4. The minimum absolute atomic E-state index is 0.102. The predicted molar refractivity (Wildman–Crippen MR) is 77.6 cm³/mol. The van der Waals surface area contributed by atoms with Gasteiger partial charge in [-0.3, -0.25) is 9.69 Å². The van der Waals surface area contributed by atoms with Gasteiger partial charge >= 0.3 is 5.97 Å². The van der Waals surface area contributed by atoms with Gasteiger partial charge in [-0.2, -0.15) is 0 Å². The number of sulfonamides is 1. The van der Waals surface area contributed by atoms with Crippen molar-refractivity contribution in [1.82, 2.24) is 9.62 Å². The Balaban J connectivity index is 1.35. The molecular weight excluding hydrogens is 308 g/mol.